The molecule has 0 spiro atoms. The van der Waals surface area contributed by atoms with Crippen LogP contribution in [-0.4, -0.2) is 67.5 Å². The van der Waals surface area contributed by atoms with E-state index < -0.39 is 41.9 Å². The third-order valence-corrected chi connectivity index (χ3v) is 7.97. The maximum atomic E-state index is 14.2. The third-order valence-electron chi connectivity index (χ3n) is 7.97. The lowest BCUT2D eigenvalue weighted by molar-refractivity contribution is -0.127. The van der Waals surface area contributed by atoms with Crippen LogP contribution < -0.4 is 22.2 Å². The van der Waals surface area contributed by atoms with E-state index in [-0.39, 0.29) is 44.0 Å². The average molecular weight is 642 g/mol. The van der Waals surface area contributed by atoms with Crippen molar-refractivity contribution in [2.75, 3.05) is 0 Å². The Morgan fingerprint density at radius 1 is 1.11 bits per heavy atom. The fourth-order valence-electron chi connectivity index (χ4n) is 5.75. The van der Waals surface area contributed by atoms with Crippen molar-refractivity contribution in [3.63, 3.8) is 0 Å². The molecule has 5 rings (SSSR count). The van der Waals surface area contributed by atoms with Gasteiger partial charge in [-0.3, -0.25) is 14.5 Å². The number of hydrogen-bond acceptors (Lipinski definition) is 8. The van der Waals surface area contributed by atoms with Crippen LogP contribution in [0.2, 0.25) is 0 Å². The van der Waals surface area contributed by atoms with Crippen LogP contribution in [0.1, 0.15) is 42.8 Å². The van der Waals surface area contributed by atoms with Gasteiger partial charge in [-0.2, -0.15) is 5.10 Å². The lowest BCUT2D eigenvalue weighted by Gasteiger charge is -2.35. The van der Waals surface area contributed by atoms with Crippen LogP contribution in [0.4, 0.5) is 9.59 Å². The van der Waals surface area contributed by atoms with Crippen molar-refractivity contribution in [3.8, 4) is 0 Å². The molecular weight excluding hydrogens is 602 g/mol. The predicted molar refractivity (Wildman–Crippen MR) is 175 cm³/mol. The number of fused-ring (bicyclic) bond motifs is 3. The number of urea groups is 1. The summed E-state index contributed by atoms with van der Waals surface area (Å²) < 4.78 is 5.67. The van der Waals surface area contributed by atoms with Crippen LogP contribution in [0.15, 0.2) is 72.2 Å². The molecule has 2 aromatic heterocycles. The van der Waals surface area contributed by atoms with E-state index in [0.717, 1.165) is 27.7 Å². The van der Waals surface area contributed by atoms with Crippen molar-refractivity contribution < 1.29 is 23.9 Å². The van der Waals surface area contributed by atoms with Gasteiger partial charge in [-0.1, -0.05) is 62.4 Å². The standard InChI is InChI=1S/C33H39N9O5/c1-19(2)12-26(29(40-41-32(35)45)30(43)24(34)13-21-15-36-18-37-21)39-31(44)28-14-23-22-10-6-7-11-25(22)38-27(23)16-42(28)33(46)47-17-20-8-4-3-5-9-20/h3-11,15,18-19,24,26,28,38H,12-14,16-17,34H2,1-2H3,(H,36,37)(H,39,44)(H3,35,41,45)/t24-,26-,28?/m0/s1. The van der Waals surface area contributed by atoms with E-state index in [4.69, 9.17) is 16.2 Å². The van der Waals surface area contributed by atoms with Gasteiger partial charge in [-0.25, -0.2) is 20.0 Å². The van der Waals surface area contributed by atoms with Crippen molar-refractivity contribution in [2.45, 2.75) is 64.4 Å². The van der Waals surface area contributed by atoms with Gasteiger partial charge < -0.3 is 31.5 Å². The maximum absolute atomic E-state index is 14.2. The van der Waals surface area contributed by atoms with Gasteiger partial charge in [-0.05, 0) is 29.5 Å². The largest absolute Gasteiger partial charge is 0.445 e. The van der Waals surface area contributed by atoms with Crippen LogP contribution in [-0.2, 0) is 40.3 Å². The van der Waals surface area contributed by atoms with Gasteiger partial charge >= 0.3 is 12.1 Å². The number of carbonyl (C=O) groups excluding carboxylic acids is 4. The number of nitrogens with zero attached hydrogens (tertiary/aromatic N) is 3. The lowest BCUT2D eigenvalue weighted by Crippen LogP contribution is -2.57. The number of amides is 4. The molecule has 14 nitrogen and oxygen atoms in total. The number of hydrogen-bond donors (Lipinski definition) is 6. The van der Waals surface area contributed by atoms with Gasteiger partial charge in [0.2, 0.25) is 5.91 Å². The summed E-state index contributed by atoms with van der Waals surface area (Å²) in [6.07, 6.45) is 2.94. The molecule has 1 aliphatic heterocycles. The molecule has 0 saturated heterocycles. The van der Waals surface area contributed by atoms with Crippen LogP contribution in [0.25, 0.3) is 10.9 Å². The van der Waals surface area contributed by atoms with Gasteiger partial charge in [0.25, 0.3) is 0 Å². The minimum atomic E-state index is -1.07. The zero-order chi connectivity index (χ0) is 33.5. The smallest absolute Gasteiger partial charge is 0.411 e. The Morgan fingerprint density at radius 3 is 2.55 bits per heavy atom. The average Bonchev–Trinajstić information content (AvgIpc) is 3.70. The first kappa shape index (κ1) is 32.9. The highest BCUT2D eigenvalue weighted by atomic mass is 16.6. The molecule has 8 N–H and O–H groups in total. The summed E-state index contributed by atoms with van der Waals surface area (Å²) in [5.74, 6) is -1.14. The minimum Gasteiger partial charge on any atom is -0.445 e. The Kier molecular flexibility index (Phi) is 10.3. The van der Waals surface area contributed by atoms with E-state index in [2.05, 4.69) is 30.8 Å². The van der Waals surface area contributed by atoms with Crippen LogP contribution in [0, 0.1) is 5.92 Å². The number of nitrogens with one attached hydrogen (secondary N) is 4. The first-order valence-electron chi connectivity index (χ1n) is 15.4. The van der Waals surface area contributed by atoms with Gasteiger partial charge in [0, 0.05) is 41.3 Å². The molecule has 47 heavy (non-hydrogen) atoms. The number of H-pyrrole nitrogens is 2. The zero-order valence-electron chi connectivity index (χ0n) is 26.2. The molecule has 1 aliphatic rings. The van der Waals surface area contributed by atoms with Crippen molar-refractivity contribution in [1.29, 1.82) is 0 Å². The minimum absolute atomic E-state index is 0.0192. The third kappa shape index (κ3) is 8.02. The van der Waals surface area contributed by atoms with Gasteiger partial charge in [0.1, 0.15) is 18.4 Å². The van der Waals surface area contributed by atoms with Crippen LogP contribution in [0.3, 0.4) is 0 Å². The highest BCUT2D eigenvalue weighted by Gasteiger charge is 2.39. The van der Waals surface area contributed by atoms with Crippen LogP contribution >= 0.6 is 0 Å². The van der Waals surface area contributed by atoms with Crippen LogP contribution in [0.5, 0.6) is 0 Å². The number of carbonyl (C=O) groups is 4. The normalized spacial score (nSPS) is 16.0. The molecule has 246 valence electrons. The second kappa shape index (κ2) is 14.7. The molecule has 0 saturated carbocycles. The number of rotatable bonds is 12. The first-order valence-corrected chi connectivity index (χ1v) is 15.4. The van der Waals surface area contributed by atoms with E-state index in [9.17, 15) is 19.2 Å². The quantitative estimate of drug-likeness (QED) is 0.100. The first-order chi connectivity index (χ1) is 22.6. The summed E-state index contributed by atoms with van der Waals surface area (Å²) in [5.41, 5.74) is 17.6. The van der Waals surface area contributed by atoms with Gasteiger partial charge in [-0.15, -0.1) is 0 Å². The summed E-state index contributed by atoms with van der Waals surface area (Å²) in [4.78, 5) is 64.8. The topological polar surface area (TPSA) is 214 Å². The fraction of sp³-hybridized carbons (Fsp3) is 0.333. The summed E-state index contributed by atoms with van der Waals surface area (Å²) >= 11 is 0. The number of ether oxygens (including phenoxy) is 1. The molecule has 3 atom stereocenters. The van der Waals surface area contributed by atoms with Gasteiger partial charge in [0.05, 0.1) is 25.0 Å². The van der Waals surface area contributed by atoms with E-state index >= 15 is 0 Å². The Labute approximate surface area is 271 Å². The second-order valence-electron chi connectivity index (χ2n) is 11.9. The number of aromatic amines is 2. The SMILES string of the molecule is CC(C)C[C@H](NC(=O)C1Cc2c([nH]c3ccccc23)CN1C(=O)OCc1ccccc1)C(=NNC(N)=O)C(=O)[C@@H](N)Cc1cnc[nH]1. The summed E-state index contributed by atoms with van der Waals surface area (Å²) in [5, 5.41) is 7.92. The van der Waals surface area contributed by atoms with Crippen molar-refractivity contribution in [3.05, 3.63) is 89.6 Å². The molecule has 14 heteroatoms. The molecule has 2 aromatic carbocycles. The Morgan fingerprint density at radius 2 is 1.85 bits per heavy atom. The van der Waals surface area contributed by atoms with Crippen molar-refractivity contribution in [2.24, 2.45) is 22.5 Å². The molecule has 4 amide bonds. The van der Waals surface area contributed by atoms with Crippen molar-refractivity contribution >= 4 is 40.4 Å². The molecule has 0 bridgehead atoms. The molecule has 3 heterocycles. The highest BCUT2D eigenvalue weighted by molar-refractivity contribution is 6.43. The Hall–Kier alpha value is -5.50. The van der Waals surface area contributed by atoms with Crippen molar-refractivity contribution in [1.82, 2.24) is 30.6 Å². The van der Waals surface area contributed by atoms with E-state index in [1.54, 1.807) is 6.20 Å². The second-order valence-corrected chi connectivity index (χ2v) is 11.9. The highest BCUT2D eigenvalue weighted by Crippen LogP contribution is 2.31. The summed E-state index contributed by atoms with van der Waals surface area (Å²) in [7, 11) is 0. The number of Topliss-reactive ketones (excluding diaryl/α,β-unsaturated/α-hetero) is 1. The monoisotopic (exact) mass is 641 g/mol. The molecule has 4 aromatic rings. The lowest BCUT2D eigenvalue weighted by atomic mass is 9.92. The molecule has 0 fully saturated rings. The zero-order valence-corrected chi connectivity index (χ0v) is 26.2. The predicted octanol–water partition coefficient (Wildman–Crippen LogP) is 2.65. The fourth-order valence-corrected chi connectivity index (χ4v) is 5.75. The number of ketones is 1. The molecule has 0 aliphatic carbocycles. The van der Waals surface area contributed by atoms with E-state index in [1.165, 1.54) is 11.2 Å². The Bertz CT molecular complexity index is 1750. The number of primary amides is 1. The number of benzene rings is 2. The van der Waals surface area contributed by atoms with Gasteiger partial charge in [0.15, 0.2) is 5.78 Å². The maximum Gasteiger partial charge on any atom is 0.411 e. The van der Waals surface area contributed by atoms with E-state index in [1.807, 2.05) is 68.4 Å². The number of nitrogens with two attached hydrogens (primary N) is 2. The van der Waals surface area contributed by atoms with E-state index in [0.29, 0.717) is 5.69 Å². The molecule has 1 unspecified atom stereocenters. The number of para-hydroxylation sites is 1. The summed E-state index contributed by atoms with van der Waals surface area (Å²) in [6, 6.07) is 13.0. The molecule has 0 radical (unpaired) electrons. The molecular formula is C33H39N9O5. The summed E-state index contributed by atoms with van der Waals surface area (Å²) in [6.45, 7) is 3.96. The Balaban J connectivity index is 1.44. The number of imidazole rings is 1. The number of aromatic nitrogens is 3. The number of hydrazone groups is 1.